The van der Waals surface area contributed by atoms with Crippen molar-refractivity contribution in [2.24, 2.45) is 5.92 Å². The Morgan fingerprint density at radius 1 is 0.904 bits per heavy atom. The van der Waals surface area contributed by atoms with Crippen molar-refractivity contribution in [3.8, 4) is 5.75 Å². The molecular formula is C43H50N4O4S. The number of benzene rings is 4. The van der Waals surface area contributed by atoms with Crippen LogP contribution in [0.4, 0.5) is 0 Å². The molecule has 272 valence electrons. The van der Waals surface area contributed by atoms with Crippen LogP contribution in [-0.4, -0.2) is 59.7 Å². The number of amides is 2. The number of thiazole rings is 1. The Balaban J connectivity index is 1.35. The summed E-state index contributed by atoms with van der Waals surface area (Å²) >= 11 is 1.52. The van der Waals surface area contributed by atoms with E-state index in [0.29, 0.717) is 37.2 Å². The first-order valence-corrected chi connectivity index (χ1v) is 18.9. The first-order valence-electron chi connectivity index (χ1n) is 18.0. The van der Waals surface area contributed by atoms with E-state index in [1.807, 2.05) is 60.8 Å². The van der Waals surface area contributed by atoms with Crippen LogP contribution in [0.25, 0.3) is 0 Å². The number of ether oxygens (including phenoxy) is 1. The summed E-state index contributed by atoms with van der Waals surface area (Å²) in [7, 11) is 1.74. The minimum absolute atomic E-state index is 0.00230. The molecule has 0 fully saturated rings. The fourth-order valence-electron chi connectivity index (χ4n) is 6.31. The maximum atomic E-state index is 13.9. The van der Waals surface area contributed by atoms with Gasteiger partial charge in [0, 0.05) is 60.4 Å². The van der Waals surface area contributed by atoms with Crippen molar-refractivity contribution < 1.29 is 19.4 Å². The number of nitrogens with one attached hydrogen (secondary N) is 2. The van der Waals surface area contributed by atoms with Gasteiger partial charge in [-0.2, -0.15) is 0 Å². The fourth-order valence-corrected chi connectivity index (χ4v) is 7.13. The van der Waals surface area contributed by atoms with E-state index in [0.717, 1.165) is 46.8 Å². The molecule has 2 amide bonds. The number of carbonyl (C=O) groups excluding carboxylic acids is 2. The van der Waals surface area contributed by atoms with Crippen LogP contribution >= 0.6 is 11.3 Å². The van der Waals surface area contributed by atoms with Crippen molar-refractivity contribution in [2.45, 2.75) is 58.2 Å². The maximum absolute atomic E-state index is 13.9. The van der Waals surface area contributed by atoms with E-state index in [-0.39, 0.29) is 36.4 Å². The van der Waals surface area contributed by atoms with Gasteiger partial charge >= 0.3 is 0 Å². The second kappa shape index (κ2) is 19.7. The molecule has 4 aromatic carbocycles. The number of nitrogens with zero attached hydrogens (tertiary/aromatic N) is 2. The summed E-state index contributed by atoms with van der Waals surface area (Å²) in [5.74, 6) is 0.262. The summed E-state index contributed by atoms with van der Waals surface area (Å²) < 4.78 is 5.99. The number of carbonyl (C=O) groups is 2. The van der Waals surface area contributed by atoms with Gasteiger partial charge in [-0.1, -0.05) is 85.8 Å². The summed E-state index contributed by atoms with van der Waals surface area (Å²) in [5.41, 5.74) is 5.12. The molecule has 5 aromatic rings. The third kappa shape index (κ3) is 11.3. The minimum atomic E-state index is -0.291. The molecule has 0 saturated carbocycles. The average molecular weight is 719 g/mol. The molecule has 3 unspecified atom stereocenters. The normalized spacial score (nSPS) is 12.8. The van der Waals surface area contributed by atoms with Crippen molar-refractivity contribution in [3.05, 3.63) is 153 Å². The molecule has 1 aromatic heterocycles. The van der Waals surface area contributed by atoms with Crippen LogP contribution in [0, 0.1) is 12.8 Å². The second-order valence-electron chi connectivity index (χ2n) is 13.3. The Hall–Kier alpha value is -4.83. The van der Waals surface area contributed by atoms with E-state index in [2.05, 4.69) is 58.9 Å². The van der Waals surface area contributed by atoms with Crippen molar-refractivity contribution in [1.29, 1.82) is 0 Å². The molecule has 8 nitrogen and oxygen atoms in total. The lowest BCUT2D eigenvalue weighted by Crippen LogP contribution is -2.45. The highest BCUT2D eigenvalue weighted by atomic mass is 32.1. The van der Waals surface area contributed by atoms with Gasteiger partial charge in [0.05, 0.1) is 13.2 Å². The van der Waals surface area contributed by atoms with Gasteiger partial charge < -0.3 is 25.4 Å². The molecule has 0 saturated heterocycles. The Morgan fingerprint density at radius 3 is 2.31 bits per heavy atom. The predicted molar refractivity (Wildman–Crippen MR) is 209 cm³/mol. The zero-order valence-electron chi connectivity index (χ0n) is 30.3. The Labute approximate surface area is 311 Å². The highest BCUT2D eigenvalue weighted by molar-refractivity contribution is 7.09. The van der Waals surface area contributed by atoms with Gasteiger partial charge in [0.2, 0.25) is 0 Å². The minimum Gasteiger partial charge on any atom is -0.494 e. The van der Waals surface area contributed by atoms with Gasteiger partial charge in [0.1, 0.15) is 10.8 Å². The number of aromatic nitrogens is 1. The predicted octanol–water partition coefficient (Wildman–Crippen LogP) is 7.43. The SMILES string of the molecule is CCCOc1cccc(C(NCC(Cc2ccccc2)NC(=O)c2cccc(C(=O)N(C)Cc3nc(C)cs3)c2)C(CO)CCc2ccccc2)c1. The van der Waals surface area contributed by atoms with Crippen molar-refractivity contribution in [2.75, 3.05) is 26.8 Å². The topological polar surface area (TPSA) is 104 Å². The van der Waals surface area contributed by atoms with Gasteiger partial charge in [0.25, 0.3) is 11.8 Å². The number of aryl methyl sites for hydroxylation is 2. The lowest BCUT2D eigenvalue weighted by Gasteiger charge is -2.30. The van der Waals surface area contributed by atoms with E-state index < -0.39 is 0 Å². The summed E-state index contributed by atoms with van der Waals surface area (Å²) in [6.45, 7) is 5.48. The standard InChI is InChI=1S/C43H50N4O4S/c1-4-23-51-39-20-12-17-34(26-39)41(37(29-48)22-21-32-13-7-5-8-14-32)44-27-38(24-33-15-9-6-10-16-33)46-42(49)35-18-11-19-36(25-35)43(50)47(3)28-40-45-31(2)30-52-40/h5-20,25-26,30,37-38,41,44,48H,4,21-24,27-29H2,1-3H3,(H,46,49). The molecule has 52 heavy (non-hydrogen) atoms. The Kier molecular flexibility index (Phi) is 14.5. The quantitative estimate of drug-likeness (QED) is 0.0821. The summed E-state index contributed by atoms with van der Waals surface area (Å²) in [4.78, 5) is 33.3. The van der Waals surface area contributed by atoms with E-state index in [4.69, 9.17) is 4.74 Å². The molecule has 3 atom stereocenters. The zero-order valence-corrected chi connectivity index (χ0v) is 31.1. The second-order valence-corrected chi connectivity index (χ2v) is 14.2. The van der Waals surface area contributed by atoms with Gasteiger partial charge in [-0.15, -0.1) is 11.3 Å². The first-order chi connectivity index (χ1) is 25.3. The number of hydrogen-bond acceptors (Lipinski definition) is 7. The Morgan fingerprint density at radius 2 is 1.62 bits per heavy atom. The van der Waals surface area contributed by atoms with Gasteiger partial charge in [-0.3, -0.25) is 9.59 Å². The molecule has 0 spiro atoms. The number of rotatable bonds is 19. The van der Waals surface area contributed by atoms with E-state index in [9.17, 15) is 14.7 Å². The summed E-state index contributed by atoms with van der Waals surface area (Å²) in [5, 5.41) is 20.6. The van der Waals surface area contributed by atoms with Crippen LogP contribution < -0.4 is 15.4 Å². The monoisotopic (exact) mass is 718 g/mol. The summed E-state index contributed by atoms with van der Waals surface area (Å²) in [6, 6.07) is 34.9. The largest absolute Gasteiger partial charge is 0.494 e. The van der Waals surface area contributed by atoms with Crippen LogP contribution in [0.3, 0.4) is 0 Å². The molecule has 9 heteroatoms. The molecule has 0 aliphatic carbocycles. The third-order valence-electron chi connectivity index (χ3n) is 9.04. The van der Waals surface area contributed by atoms with Gasteiger partial charge in [-0.25, -0.2) is 4.98 Å². The maximum Gasteiger partial charge on any atom is 0.253 e. The molecule has 0 bridgehead atoms. The van der Waals surface area contributed by atoms with Crippen molar-refractivity contribution in [3.63, 3.8) is 0 Å². The summed E-state index contributed by atoms with van der Waals surface area (Å²) in [6.07, 6.45) is 3.09. The van der Waals surface area contributed by atoms with Crippen molar-refractivity contribution >= 4 is 23.2 Å². The lowest BCUT2D eigenvalue weighted by atomic mass is 9.88. The van der Waals surface area contributed by atoms with Crippen LogP contribution in [-0.2, 0) is 19.4 Å². The van der Waals surface area contributed by atoms with E-state index in [1.165, 1.54) is 16.9 Å². The average Bonchev–Trinajstić information content (AvgIpc) is 3.59. The van der Waals surface area contributed by atoms with Crippen LogP contribution in [0.2, 0.25) is 0 Å². The van der Waals surface area contributed by atoms with Gasteiger partial charge in [0.15, 0.2) is 0 Å². The first kappa shape index (κ1) is 38.4. The molecule has 1 heterocycles. The molecule has 5 rings (SSSR count). The van der Waals surface area contributed by atoms with Gasteiger partial charge in [-0.05, 0) is 79.6 Å². The van der Waals surface area contributed by atoms with Crippen LogP contribution in [0.15, 0.2) is 115 Å². The molecule has 0 aliphatic rings. The lowest BCUT2D eigenvalue weighted by molar-refractivity contribution is 0.0785. The fraction of sp³-hybridized carbons (Fsp3) is 0.326. The number of hydrogen-bond donors (Lipinski definition) is 3. The molecular weight excluding hydrogens is 669 g/mol. The third-order valence-corrected chi connectivity index (χ3v) is 10.00. The van der Waals surface area contributed by atoms with Crippen LogP contribution in [0.1, 0.15) is 73.9 Å². The Bertz CT molecular complexity index is 1850. The zero-order chi connectivity index (χ0) is 36.7. The highest BCUT2D eigenvalue weighted by Gasteiger charge is 2.25. The number of aliphatic hydroxyl groups excluding tert-OH is 1. The molecule has 3 N–H and O–H groups in total. The van der Waals surface area contributed by atoms with E-state index >= 15 is 0 Å². The molecule has 0 aliphatic heterocycles. The number of aliphatic hydroxyl groups is 1. The highest BCUT2D eigenvalue weighted by Crippen LogP contribution is 2.29. The molecule has 0 radical (unpaired) electrons. The van der Waals surface area contributed by atoms with Crippen LogP contribution in [0.5, 0.6) is 5.75 Å². The van der Waals surface area contributed by atoms with Crippen molar-refractivity contribution in [1.82, 2.24) is 20.5 Å². The smallest absolute Gasteiger partial charge is 0.253 e. The van der Waals surface area contributed by atoms with E-state index in [1.54, 1.807) is 36.2 Å².